The molecule has 1 aromatic carbocycles. The summed E-state index contributed by atoms with van der Waals surface area (Å²) in [6.45, 7) is -0.150. The van der Waals surface area contributed by atoms with E-state index in [4.69, 9.17) is 9.47 Å². The van der Waals surface area contributed by atoms with Gasteiger partial charge in [0.25, 0.3) is 0 Å². The van der Waals surface area contributed by atoms with Gasteiger partial charge in [0.1, 0.15) is 18.5 Å². The highest BCUT2D eigenvalue weighted by Gasteiger charge is 2.67. The fourth-order valence-electron chi connectivity index (χ4n) is 5.42. The van der Waals surface area contributed by atoms with E-state index in [0.717, 1.165) is 17.0 Å². The summed E-state index contributed by atoms with van der Waals surface area (Å²) in [6.07, 6.45) is 1.48. The molecule has 3 aliphatic rings. The number of carbonyl (C=O) groups is 3. The fraction of sp³-hybridized carbons (Fsp3) is 0.550. The molecule has 8 nitrogen and oxygen atoms in total. The largest absolute Gasteiger partial charge is 0.464 e. The number of fused-ring (bicyclic) bond motifs is 1. The molecule has 0 aromatic heterocycles. The molecule has 3 fully saturated rings. The molecule has 174 valence electrons. The number of benzene rings is 1. The number of ether oxygens (including phenoxy) is 2. The molecule has 0 saturated heterocycles. The van der Waals surface area contributed by atoms with Crippen molar-refractivity contribution in [2.24, 2.45) is 29.6 Å². The summed E-state index contributed by atoms with van der Waals surface area (Å²) in [6, 6.07) is 3.76. The molecule has 1 N–H and O–H groups in total. The van der Waals surface area contributed by atoms with Crippen molar-refractivity contribution in [3.63, 3.8) is 0 Å². The summed E-state index contributed by atoms with van der Waals surface area (Å²) in [5.41, 5.74) is 0.483. The molecular formula is C20H20I3NO7S. The van der Waals surface area contributed by atoms with Crippen LogP contribution in [0.4, 0.5) is 0 Å². The Balaban J connectivity index is 1.49. The van der Waals surface area contributed by atoms with Crippen LogP contribution < -0.4 is 4.72 Å². The van der Waals surface area contributed by atoms with Crippen molar-refractivity contribution in [3.05, 3.63) is 28.4 Å². The smallest absolute Gasteiger partial charge is 0.339 e. The molecule has 32 heavy (non-hydrogen) atoms. The van der Waals surface area contributed by atoms with Crippen LogP contribution in [0.5, 0.6) is 0 Å². The second kappa shape index (κ2) is 9.53. The van der Waals surface area contributed by atoms with Crippen LogP contribution in [0.3, 0.4) is 0 Å². The molecule has 6 atom stereocenters. The summed E-state index contributed by atoms with van der Waals surface area (Å²) in [7, 11) is -3.38. The molecular weight excluding hydrogens is 779 g/mol. The summed E-state index contributed by atoms with van der Waals surface area (Å²) in [5, 5.41) is 0. The van der Waals surface area contributed by atoms with Crippen molar-refractivity contribution in [1.82, 2.24) is 4.72 Å². The van der Waals surface area contributed by atoms with Gasteiger partial charge < -0.3 is 9.47 Å². The minimum absolute atomic E-state index is 0.0205. The first-order valence-electron chi connectivity index (χ1n) is 9.97. The van der Waals surface area contributed by atoms with Gasteiger partial charge in [-0.3, -0.25) is 9.59 Å². The number of esters is 2. The zero-order valence-electron chi connectivity index (χ0n) is 16.8. The van der Waals surface area contributed by atoms with Crippen molar-refractivity contribution in [3.8, 4) is 0 Å². The summed E-state index contributed by atoms with van der Waals surface area (Å²) >= 11 is 6.45. The first-order chi connectivity index (χ1) is 15.0. The third-order valence-corrected chi connectivity index (χ3v) is 10.9. The molecule has 0 aliphatic heterocycles. The van der Waals surface area contributed by atoms with E-state index < -0.39 is 39.9 Å². The van der Waals surface area contributed by atoms with Crippen LogP contribution in [-0.4, -0.2) is 51.7 Å². The standard InChI is InChI=1S/C20H20I3NO7S/c1-32(28,29)24-2-3-30-20(27)16-11-6-9-10(7-14(25)15(9)16)18(11)31-19(26)12-4-8(21)5-13(22)17(12)23/h4-5,9-11,15-16,18,24H,2-3,6-7H2,1H3. The highest BCUT2D eigenvalue weighted by atomic mass is 127. The zero-order chi connectivity index (χ0) is 23.4. The quantitative estimate of drug-likeness (QED) is 0.195. The van der Waals surface area contributed by atoms with Gasteiger partial charge in [-0.25, -0.2) is 17.9 Å². The molecule has 3 saturated carbocycles. The first kappa shape index (κ1) is 25.0. The molecule has 0 radical (unpaired) electrons. The van der Waals surface area contributed by atoms with Crippen LogP contribution in [0, 0.1) is 40.3 Å². The normalized spacial score (nSPS) is 30.6. The molecule has 4 rings (SSSR count). The van der Waals surface area contributed by atoms with Gasteiger partial charge in [-0.15, -0.1) is 0 Å². The van der Waals surface area contributed by atoms with E-state index in [1.54, 1.807) is 6.07 Å². The Kier molecular flexibility index (Phi) is 7.45. The Morgan fingerprint density at radius 2 is 1.88 bits per heavy atom. The Hall–Kier alpha value is -0.0700. The molecule has 0 spiro atoms. The van der Waals surface area contributed by atoms with Gasteiger partial charge in [0, 0.05) is 41.4 Å². The third kappa shape index (κ3) is 4.84. The number of sulfonamides is 1. The number of hydrogen-bond donors (Lipinski definition) is 1. The molecule has 1 aromatic rings. The van der Waals surface area contributed by atoms with Gasteiger partial charge in [0.05, 0.1) is 17.7 Å². The first-order valence-corrected chi connectivity index (χ1v) is 15.1. The van der Waals surface area contributed by atoms with Gasteiger partial charge in [-0.2, -0.15) is 0 Å². The molecule has 0 amide bonds. The highest BCUT2D eigenvalue weighted by Crippen LogP contribution is 2.62. The van der Waals surface area contributed by atoms with E-state index in [-0.39, 0.29) is 36.7 Å². The van der Waals surface area contributed by atoms with Gasteiger partial charge in [0.15, 0.2) is 0 Å². The lowest BCUT2D eigenvalue weighted by Crippen LogP contribution is -2.42. The monoisotopic (exact) mass is 799 g/mol. The van der Waals surface area contributed by atoms with Crippen molar-refractivity contribution >= 4 is 95.5 Å². The van der Waals surface area contributed by atoms with Gasteiger partial charge in [-0.1, -0.05) is 0 Å². The van der Waals surface area contributed by atoms with E-state index in [2.05, 4.69) is 72.5 Å². The van der Waals surface area contributed by atoms with E-state index >= 15 is 0 Å². The predicted molar refractivity (Wildman–Crippen MR) is 139 cm³/mol. The SMILES string of the molecule is CS(=O)(=O)NCCOC(=O)C1C2CC3C(CC(=O)C31)C2OC(=O)c1cc(I)cc(I)c1I. The lowest BCUT2D eigenvalue weighted by molar-refractivity contribution is -0.156. The average molecular weight is 799 g/mol. The minimum atomic E-state index is -3.38. The molecule has 6 unspecified atom stereocenters. The van der Waals surface area contributed by atoms with E-state index in [1.807, 2.05) is 6.07 Å². The number of nitrogens with one attached hydrogen (secondary N) is 1. The summed E-state index contributed by atoms with van der Waals surface area (Å²) in [4.78, 5) is 38.6. The van der Waals surface area contributed by atoms with E-state index in [1.165, 1.54) is 0 Å². The highest BCUT2D eigenvalue weighted by molar-refractivity contribution is 14.1. The average Bonchev–Trinajstić information content (AvgIpc) is 3.30. The van der Waals surface area contributed by atoms with Crippen LogP contribution in [0.15, 0.2) is 12.1 Å². The van der Waals surface area contributed by atoms with Crippen molar-refractivity contribution in [2.75, 3.05) is 19.4 Å². The third-order valence-electron chi connectivity index (χ3n) is 6.50. The molecule has 0 heterocycles. The van der Waals surface area contributed by atoms with Crippen molar-refractivity contribution in [1.29, 1.82) is 0 Å². The minimum Gasteiger partial charge on any atom is -0.464 e. The van der Waals surface area contributed by atoms with Crippen LogP contribution in [0.2, 0.25) is 0 Å². The number of carbonyl (C=O) groups excluding carboxylic acids is 3. The lowest BCUT2D eigenvalue weighted by Gasteiger charge is -2.32. The summed E-state index contributed by atoms with van der Waals surface area (Å²) < 4.78 is 38.5. The molecule has 2 bridgehead atoms. The number of hydrogen-bond acceptors (Lipinski definition) is 7. The number of ketones is 1. The van der Waals surface area contributed by atoms with E-state index in [0.29, 0.717) is 18.4 Å². The maximum atomic E-state index is 13.0. The number of rotatable bonds is 7. The molecule has 12 heteroatoms. The Morgan fingerprint density at radius 1 is 1.16 bits per heavy atom. The van der Waals surface area contributed by atoms with Crippen LogP contribution >= 0.6 is 67.8 Å². The zero-order valence-corrected chi connectivity index (χ0v) is 24.1. The van der Waals surface area contributed by atoms with Crippen LogP contribution in [-0.2, 0) is 29.1 Å². The maximum absolute atomic E-state index is 13.0. The molecule has 3 aliphatic carbocycles. The topological polar surface area (TPSA) is 116 Å². The predicted octanol–water partition coefficient (Wildman–Crippen LogP) is 2.59. The number of halogens is 3. The van der Waals surface area contributed by atoms with Gasteiger partial charge >= 0.3 is 11.9 Å². The second-order valence-corrected chi connectivity index (χ2v) is 13.7. The van der Waals surface area contributed by atoms with Gasteiger partial charge in [0.2, 0.25) is 10.0 Å². The van der Waals surface area contributed by atoms with Gasteiger partial charge in [-0.05, 0) is 92.2 Å². The van der Waals surface area contributed by atoms with Crippen molar-refractivity contribution in [2.45, 2.75) is 18.9 Å². The Morgan fingerprint density at radius 3 is 2.56 bits per heavy atom. The van der Waals surface area contributed by atoms with E-state index in [9.17, 15) is 22.8 Å². The Bertz CT molecular complexity index is 1090. The maximum Gasteiger partial charge on any atom is 0.339 e. The second-order valence-electron chi connectivity index (χ2n) is 8.40. The number of Topliss-reactive ketones (excluding diaryl/α,β-unsaturated/α-hetero) is 1. The fourth-order valence-corrected chi connectivity index (χ4v) is 8.25. The van der Waals surface area contributed by atoms with Crippen LogP contribution in [0.1, 0.15) is 23.2 Å². The summed E-state index contributed by atoms with van der Waals surface area (Å²) in [5.74, 6) is -2.29. The van der Waals surface area contributed by atoms with Crippen LogP contribution in [0.25, 0.3) is 0 Å². The Labute approximate surface area is 226 Å². The van der Waals surface area contributed by atoms with Crippen molar-refractivity contribution < 1.29 is 32.3 Å². The lowest BCUT2D eigenvalue weighted by atomic mass is 9.78.